The lowest BCUT2D eigenvalue weighted by Gasteiger charge is -2.19. The van der Waals surface area contributed by atoms with E-state index < -0.39 is 11.9 Å². The predicted molar refractivity (Wildman–Crippen MR) is 156 cm³/mol. The van der Waals surface area contributed by atoms with Crippen molar-refractivity contribution >= 4 is 28.9 Å². The van der Waals surface area contributed by atoms with Gasteiger partial charge in [-0.2, -0.15) is 5.10 Å². The van der Waals surface area contributed by atoms with E-state index in [-0.39, 0.29) is 24.2 Å². The van der Waals surface area contributed by atoms with Crippen LogP contribution >= 0.6 is 0 Å². The molecule has 0 aliphatic heterocycles. The van der Waals surface area contributed by atoms with Gasteiger partial charge in [0.05, 0.1) is 6.21 Å². The third-order valence-electron chi connectivity index (χ3n) is 6.71. The number of aromatic nitrogens is 1. The Morgan fingerprint density at radius 1 is 1.00 bits per heavy atom. The molecule has 1 heterocycles. The third-order valence-corrected chi connectivity index (χ3v) is 6.71. The molecule has 0 unspecified atom stereocenters. The molecule has 2 N–H and O–H groups in total. The van der Waals surface area contributed by atoms with Crippen LogP contribution in [0.15, 0.2) is 77.9 Å². The number of nitrogens with zero attached hydrogens (tertiary/aromatic N) is 2. The lowest BCUT2D eigenvalue weighted by atomic mass is 10.0. The number of amides is 2. The number of nitrogens with one attached hydrogen (secondary N) is 2. The van der Waals surface area contributed by atoms with E-state index >= 15 is 0 Å². The van der Waals surface area contributed by atoms with Crippen molar-refractivity contribution in [2.75, 3.05) is 6.61 Å². The van der Waals surface area contributed by atoms with Crippen LogP contribution in [-0.2, 0) is 16.1 Å². The number of hydrogen-bond acceptors (Lipinski definition) is 4. The van der Waals surface area contributed by atoms with Crippen LogP contribution in [0.3, 0.4) is 0 Å². The second kappa shape index (κ2) is 13.1. The van der Waals surface area contributed by atoms with Crippen molar-refractivity contribution in [3.05, 3.63) is 101 Å². The van der Waals surface area contributed by atoms with Crippen molar-refractivity contribution in [2.24, 2.45) is 11.0 Å². The van der Waals surface area contributed by atoms with Crippen LogP contribution in [-0.4, -0.2) is 35.2 Å². The van der Waals surface area contributed by atoms with Gasteiger partial charge in [0.2, 0.25) is 0 Å². The normalized spacial score (nSPS) is 12.2. The minimum absolute atomic E-state index is 0.170. The lowest BCUT2D eigenvalue weighted by Crippen LogP contribution is -2.47. The highest BCUT2D eigenvalue weighted by Crippen LogP contribution is 2.25. The molecule has 8 heteroatoms. The molecule has 0 aliphatic carbocycles. The van der Waals surface area contributed by atoms with E-state index in [1.807, 2.05) is 70.2 Å². The topological polar surface area (TPSA) is 84.7 Å². The summed E-state index contributed by atoms with van der Waals surface area (Å²) in [5.74, 6) is -0.258. The van der Waals surface area contributed by atoms with Crippen LogP contribution in [0, 0.1) is 25.6 Å². The molecular weight excluding hydrogens is 507 g/mol. The fourth-order valence-electron chi connectivity index (χ4n) is 4.64. The average molecular weight is 543 g/mol. The Labute approximate surface area is 234 Å². The zero-order valence-electron chi connectivity index (χ0n) is 23.3. The summed E-state index contributed by atoms with van der Waals surface area (Å²) in [6, 6.07) is 21.1. The van der Waals surface area contributed by atoms with Crippen molar-refractivity contribution < 1.29 is 18.7 Å². The molecule has 2 amide bonds. The fraction of sp³-hybridized carbons (Fsp3) is 0.281. The Bertz CT molecular complexity index is 1510. The van der Waals surface area contributed by atoms with E-state index in [0.29, 0.717) is 18.7 Å². The van der Waals surface area contributed by atoms with Gasteiger partial charge >= 0.3 is 0 Å². The van der Waals surface area contributed by atoms with Crippen LogP contribution in [0.2, 0.25) is 0 Å². The zero-order valence-corrected chi connectivity index (χ0v) is 23.3. The van der Waals surface area contributed by atoms with Gasteiger partial charge in [-0.3, -0.25) is 9.59 Å². The summed E-state index contributed by atoms with van der Waals surface area (Å²) < 4.78 is 21.2. The maximum atomic E-state index is 13.4. The largest absolute Gasteiger partial charge is 0.484 e. The van der Waals surface area contributed by atoms with Gasteiger partial charge < -0.3 is 14.6 Å². The quantitative estimate of drug-likeness (QED) is 0.194. The number of hydrogen-bond donors (Lipinski definition) is 2. The summed E-state index contributed by atoms with van der Waals surface area (Å²) >= 11 is 0. The van der Waals surface area contributed by atoms with Crippen molar-refractivity contribution in [2.45, 2.75) is 46.7 Å². The molecular formula is C32H35FN4O3. The summed E-state index contributed by atoms with van der Waals surface area (Å²) in [5, 5.41) is 8.02. The molecule has 0 radical (unpaired) electrons. The van der Waals surface area contributed by atoms with Gasteiger partial charge in [-0.05, 0) is 61.6 Å². The minimum Gasteiger partial charge on any atom is -0.484 e. The fourth-order valence-corrected chi connectivity index (χ4v) is 4.64. The molecule has 0 aliphatic rings. The number of halogens is 1. The van der Waals surface area contributed by atoms with Crippen molar-refractivity contribution in [1.29, 1.82) is 0 Å². The Hall–Kier alpha value is -4.46. The van der Waals surface area contributed by atoms with Crippen molar-refractivity contribution in [1.82, 2.24) is 15.3 Å². The highest BCUT2D eigenvalue weighted by molar-refractivity contribution is 6.01. The first-order valence-corrected chi connectivity index (χ1v) is 13.4. The number of para-hydroxylation sites is 2. The number of fused-ring (bicyclic) bond motifs is 1. The van der Waals surface area contributed by atoms with Gasteiger partial charge in [0.25, 0.3) is 11.8 Å². The molecule has 0 fully saturated rings. The Morgan fingerprint density at radius 2 is 1.70 bits per heavy atom. The molecule has 40 heavy (non-hydrogen) atoms. The van der Waals surface area contributed by atoms with Gasteiger partial charge in [0.15, 0.2) is 6.61 Å². The van der Waals surface area contributed by atoms with E-state index in [1.165, 1.54) is 12.1 Å². The lowest BCUT2D eigenvalue weighted by molar-refractivity contribution is -0.130. The molecule has 4 aromatic rings. The predicted octanol–water partition coefficient (Wildman–Crippen LogP) is 5.51. The molecule has 0 saturated carbocycles. The molecule has 3 aromatic carbocycles. The van der Waals surface area contributed by atoms with E-state index in [9.17, 15) is 14.0 Å². The van der Waals surface area contributed by atoms with E-state index in [1.54, 1.807) is 24.4 Å². The van der Waals surface area contributed by atoms with Crippen LogP contribution in [0.25, 0.3) is 10.9 Å². The number of ether oxygens (including phenoxy) is 1. The van der Waals surface area contributed by atoms with Crippen LogP contribution in [0.5, 0.6) is 5.75 Å². The van der Waals surface area contributed by atoms with Crippen molar-refractivity contribution in [3.8, 4) is 5.75 Å². The SMILES string of the molecule is Cc1ccccc1OCC(=O)N[C@H](CC(C)C)C(=O)N/N=C\c1c(C)n(Cc2ccc(F)cc2)c2ccccc12. The van der Waals surface area contributed by atoms with Crippen LogP contribution in [0.1, 0.15) is 42.7 Å². The van der Waals surface area contributed by atoms with Gasteiger partial charge in [0, 0.05) is 28.7 Å². The molecule has 0 bridgehead atoms. The summed E-state index contributed by atoms with van der Waals surface area (Å²) in [4.78, 5) is 25.6. The van der Waals surface area contributed by atoms with Crippen LogP contribution < -0.4 is 15.5 Å². The second-order valence-electron chi connectivity index (χ2n) is 10.3. The molecule has 1 aromatic heterocycles. The highest BCUT2D eigenvalue weighted by atomic mass is 19.1. The number of aryl methyl sites for hydroxylation is 1. The number of hydrazone groups is 1. The molecule has 0 saturated heterocycles. The van der Waals surface area contributed by atoms with Gasteiger partial charge in [-0.15, -0.1) is 0 Å². The Morgan fingerprint density at radius 3 is 2.42 bits per heavy atom. The standard InChI is InChI=1S/C32H35FN4O3/c1-21(2)17-28(35-31(38)20-40-30-12-8-5-9-22(30)3)32(39)36-34-18-27-23(4)37(29-11-7-6-10-26(27)29)19-24-13-15-25(33)16-14-24/h5-16,18,21,28H,17,19-20H2,1-4H3,(H,35,38)(H,36,39)/b34-18-/t28-/m1/s1. The monoisotopic (exact) mass is 542 g/mol. The number of benzene rings is 3. The average Bonchev–Trinajstić information content (AvgIpc) is 3.19. The van der Waals surface area contributed by atoms with Crippen LogP contribution in [0.4, 0.5) is 4.39 Å². The first-order chi connectivity index (χ1) is 19.2. The second-order valence-corrected chi connectivity index (χ2v) is 10.3. The molecule has 208 valence electrons. The molecule has 0 spiro atoms. The number of carbonyl (C=O) groups is 2. The maximum absolute atomic E-state index is 13.4. The van der Waals surface area contributed by atoms with E-state index in [4.69, 9.17) is 4.74 Å². The molecule has 4 rings (SSSR count). The molecule has 1 atom stereocenters. The summed E-state index contributed by atoms with van der Waals surface area (Å²) in [5.41, 5.74) is 7.35. The summed E-state index contributed by atoms with van der Waals surface area (Å²) in [6.07, 6.45) is 2.08. The van der Waals surface area contributed by atoms with E-state index in [0.717, 1.165) is 33.3 Å². The zero-order chi connectivity index (χ0) is 28.6. The maximum Gasteiger partial charge on any atom is 0.262 e. The van der Waals surface area contributed by atoms with Crippen molar-refractivity contribution in [3.63, 3.8) is 0 Å². The van der Waals surface area contributed by atoms with E-state index in [2.05, 4.69) is 20.4 Å². The summed E-state index contributed by atoms with van der Waals surface area (Å²) in [7, 11) is 0. The first kappa shape index (κ1) is 28.5. The minimum atomic E-state index is -0.758. The Balaban J connectivity index is 1.45. The third kappa shape index (κ3) is 7.14. The highest BCUT2D eigenvalue weighted by Gasteiger charge is 2.22. The smallest absolute Gasteiger partial charge is 0.262 e. The summed E-state index contributed by atoms with van der Waals surface area (Å²) in [6.45, 7) is 8.24. The number of carbonyl (C=O) groups excluding carboxylic acids is 2. The number of rotatable bonds is 11. The Kier molecular flexibility index (Phi) is 9.32. The first-order valence-electron chi connectivity index (χ1n) is 13.4. The van der Waals surface area contributed by atoms with Gasteiger partial charge in [0.1, 0.15) is 17.6 Å². The van der Waals surface area contributed by atoms with Gasteiger partial charge in [-0.1, -0.05) is 62.4 Å². The van der Waals surface area contributed by atoms with Gasteiger partial charge in [-0.25, -0.2) is 9.82 Å². The molecule has 7 nitrogen and oxygen atoms in total.